The number of thioether (sulfide) groups is 1. The lowest BCUT2D eigenvalue weighted by molar-refractivity contribution is -0.113. The maximum absolute atomic E-state index is 12.9. The van der Waals surface area contributed by atoms with Gasteiger partial charge in [-0.2, -0.15) is 0 Å². The number of hydrogen-bond donors (Lipinski definition) is 3. The number of aromatic carboxylic acids is 1. The fraction of sp³-hybridized carbons (Fsp3) is 0.269. The van der Waals surface area contributed by atoms with Gasteiger partial charge < -0.3 is 20.3 Å². The second-order valence-electron chi connectivity index (χ2n) is 8.48. The molecule has 0 spiro atoms. The highest BCUT2D eigenvalue weighted by atomic mass is 32.2. The third-order valence-electron chi connectivity index (χ3n) is 5.17. The number of nitrogens with zero attached hydrogens (tertiary/aromatic N) is 3. The highest BCUT2D eigenvalue weighted by molar-refractivity contribution is 7.99. The van der Waals surface area contributed by atoms with Crippen LogP contribution in [0.15, 0.2) is 72.4 Å². The van der Waals surface area contributed by atoms with Crippen molar-refractivity contribution in [3.63, 3.8) is 0 Å². The first-order valence-corrected chi connectivity index (χ1v) is 12.4. The number of anilines is 1. The normalized spacial score (nSPS) is 11.6. The Morgan fingerprint density at radius 3 is 2.36 bits per heavy atom. The average molecular weight is 508 g/mol. The molecule has 1 aromatic heterocycles. The van der Waals surface area contributed by atoms with Gasteiger partial charge in [0.05, 0.1) is 17.4 Å². The Kier molecular flexibility index (Phi) is 9.40. The summed E-state index contributed by atoms with van der Waals surface area (Å²) in [5, 5.41) is 24.0. The van der Waals surface area contributed by atoms with Gasteiger partial charge in [0.1, 0.15) is 0 Å². The summed E-state index contributed by atoms with van der Waals surface area (Å²) < 4.78 is 1.85. The molecule has 3 N–H and O–H groups in total. The van der Waals surface area contributed by atoms with E-state index in [2.05, 4.69) is 41.3 Å². The van der Waals surface area contributed by atoms with E-state index in [4.69, 9.17) is 5.11 Å². The van der Waals surface area contributed by atoms with Crippen LogP contribution in [0.4, 0.5) is 5.69 Å². The van der Waals surface area contributed by atoms with Crippen molar-refractivity contribution in [2.45, 2.75) is 38.0 Å². The number of benzene rings is 2. The highest BCUT2D eigenvalue weighted by Crippen LogP contribution is 2.25. The molecule has 2 aromatic carbocycles. The summed E-state index contributed by atoms with van der Waals surface area (Å²) in [5.41, 5.74) is 1.20. The smallest absolute Gasteiger partial charge is 0.335 e. The molecule has 0 aliphatic rings. The summed E-state index contributed by atoms with van der Waals surface area (Å²) in [6, 6.07) is 14.5. The van der Waals surface area contributed by atoms with Crippen LogP contribution in [0.2, 0.25) is 0 Å². The third kappa shape index (κ3) is 7.29. The van der Waals surface area contributed by atoms with Crippen LogP contribution in [-0.2, 0) is 11.3 Å². The lowest BCUT2D eigenvalue weighted by Crippen LogP contribution is -2.31. The molecule has 3 aromatic rings. The van der Waals surface area contributed by atoms with Crippen molar-refractivity contribution in [3.05, 3.63) is 84.2 Å². The molecule has 2 amide bonds. The van der Waals surface area contributed by atoms with Gasteiger partial charge in [-0.15, -0.1) is 16.8 Å². The minimum absolute atomic E-state index is 0.0706. The van der Waals surface area contributed by atoms with Crippen LogP contribution in [-0.4, -0.2) is 43.4 Å². The van der Waals surface area contributed by atoms with Crippen LogP contribution in [0, 0.1) is 5.92 Å². The summed E-state index contributed by atoms with van der Waals surface area (Å²) in [5.74, 6) is -0.544. The molecule has 0 radical (unpaired) electrons. The Bertz CT molecular complexity index is 1210. The number of carboxylic acids is 1. The summed E-state index contributed by atoms with van der Waals surface area (Å²) in [7, 11) is 0. The van der Waals surface area contributed by atoms with Crippen molar-refractivity contribution >= 4 is 35.2 Å². The van der Waals surface area contributed by atoms with E-state index in [0.29, 0.717) is 35.2 Å². The Hall–Kier alpha value is -3.92. The lowest BCUT2D eigenvalue weighted by atomic mass is 10.0. The van der Waals surface area contributed by atoms with E-state index in [9.17, 15) is 14.4 Å². The predicted molar refractivity (Wildman–Crippen MR) is 139 cm³/mol. The number of carbonyl (C=O) groups is 3. The second kappa shape index (κ2) is 12.7. The van der Waals surface area contributed by atoms with Crippen molar-refractivity contribution < 1.29 is 19.5 Å². The first-order chi connectivity index (χ1) is 17.3. The van der Waals surface area contributed by atoms with Crippen molar-refractivity contribution in [2.24, 2.45) is 5.92 Å². The molecule has 1 unspecified atom stereocenters. The Morgan fingerprint density at radius 1 is 1.06 bits per heavy atom. The summed E-state index contributed by atoms with van der Waals surface area (Å²) in [6.07, 6.45) is 2.37. The molecule has 0 bridgehead atoms. The molecule has 0 fully saturated rings. The molecule has 36 heavy (non-hydrogen) atoms. The summed E-state index contributed by atoms with van der Waals surface area (Å²) in [4.78, 5) is 36.3. The average Bonchev–Trinajstić information content (AvgIpc) is 3.25. The number of aromatic nitrogens is 3. The van der Waals surface area contributed by atoms with Gasteiger partial charge in [-0.25, -0.2) is 4.79 Å². The highest BCUT2D eigenvalue weighted by Gasteiger charge is 2.24. The molecular weight excluding hydrogens is 478 g/mol. The molecule has 3 rings (SSSR count). The topological polar surface area (TPSA) is 126 Å². The van der Waals surface area contributed by atoms with E-state index in [1.807, 2.05) is 22.8 Å². The van der Waals surface area contributed by atoms with Gasteiger partial charge in [0.15, 0.2) is 11.0 Å². The first-order valence-electron chi connectivity index (χ1n) is 11.4. The number of rotatable bonds is 12. The van der Waals surface area contributed by atoms with Crippen molar-refractivity contribution in [1.82, 2.24) is 20.1 Å². The van der Waals surface area contributed by atoms with Crippen LogP contribution < -0.4 is 10.6 Å². The molecule has 1 atom stereocenters. The summed E-state index contributed by atoms with van der Waals surface area (Å²) >= 11 is 1.22. The quantitative estimate of drug-likeness (QED) is 0.245. The van der Waals surface area contributed by atoms with Crippen LogP contribution in [0.5, 0.6) is 0 Å². The maximum Gasteiger partial charge on any atom is 0.335 e. The van der Waals surface area contributed by atoms with E-state index in [-0.39, 0.29) is 35.1 Å². The van der Waals surface area contributed by atoms with Gasteiger partial charge in [0.2, 0.25) is 5.91 Å². The molecule has 0 saturated heterocycles. The fourth-order valence-electron chi connectivity index (χ4n) is 3.52. The third-order valence-corrected chi connectivity index (χ3v) is 6.13. The van der Waals surface area contributed by atoms with E-state index in [1.165, 1.54) is 36.0 Å². The number of amides is 2. The molecule has 9 nitrogen and oxygen atoms in total. The Morgan fingerprint density at radius 2 is 1.75 bits per heavy atom. The maximum atomic E-state index is 12.9. The number of hydrogen-bond acceptors (Lipinski definition) is 6. The van der Waals surface area contributed by atoms with E-state index in [1.54, 1.807) is 18.2 Å². The lowest BCUT2D eigenvalue weighted by Gasteiger charge is -2.21. The molecular formula is C26H29N5O4S. The van der Waals surface area contributed by atoms with E-state index in [0.717, 1.165) is 0 Å². The van der Waals surface area contributed by atoms with Crippen LogP contribution in [0.25, 0.3) is 0 Å². The number of carboxylic acid groups (broad SMARTS) is 1. The predicted octanol–water partition coefficient (Wildman–Crippen LogP) is 4.41. The zero-order valence-corrected chi connectivity index (χ0v) is 21.0. The molecule has 10 heteroatoms. The van der Waals surface area contributed by atoms with Gasteiger partial charge in [0, 0.05) is 17.8 Å². The molecule has 0 saturated carbocycles. The zero-order valence-electron chi connectivity index (χ0n) is 20.2. The second-order valence-corrected chi connectivity index (χ2v) is 9.42. The molecule has 0 aliphatic carbocycles. The Balaban J connectivity index is 1.73. The molecule has 188 valence electrons. The van der Waals surface area contributed by atoms with Crippen LogP contribution >= 0.6 is 11.8 Å². The van der Waals surface area contributed by atoms with Crippen molar-refractivity contribution in [3.8, 4) is 0 Å². The standard InChI is InChI=1S/C26H29N5O4S/c1-4-14-31-23(21(15-17(2)3)28-24(33)18-8-6-5-7-9-18)29-30-26(31)36-16-22(32)27-20-12-10-19(11-13-20)25(34)35/h4-13,17,21H,1,14-16H2,2-3H3,(H,27,32)(H,28,33)(H,34,35). The monoisotopic (exact) mass is 507 g/mol. The minimum atomic E-state index is -1.03. The van der Waals surface area contributed by atoms with Crippen LogP contribution in [0.1, 0.15) is 52.9 Å². The zero-order chi connectivity index (χ0) is 26.1. The SMILES string of the molecule is C=CCn1c(SCC(=O)Nc2ccc(C(=O)O)cc2)nnc1C(CC(C)C)NC(=O)c1ccccc1. The van der Waals surface area contributed by atoms with Gasteiger partial charge >= 0.3 is 5.97 Å². The van der Waals surface area contributed by atoms with Gasteiger partial charge in [-0.3, -0.25) is 9.59 Å². The fourth-order valence-corrected chi connectivity index (χ4v) is 4.27. The van der Waals surface area contributed by atoms with E-state index < -0.39 is 5.97 Å². The number of nitrogens with one attached hydrogen (secondary N) is 2. The van der Waals surface area contributed by atoms with Crippen molar-refractivity contribution in [2.75, 3.05) is 11.1 Å². The van der Waals surface area contributed by atoms with E-state index >= 15 is 0 Å². The van der Waals surface area contributed by atoms with Gasteiger partial charge in [-0.1, -0.05) is 49.9 Å². The largest absolute Gasteiger partial charge is 0.478 e. The van der Waals surface area contributed by atoms with Crippen molar-refractivity contribution in [1.29, 1.82) is 0 Å². The molecule has 1 heterocycles. The first kappa shape index (κ1) is 26.7. The number of carbonyl (C=O) groups excluding carboxylic acids is 2. The molecule has 0 aliphatic heterocycles. The van der Waals surface area contributed by atoms with Gasteiger partial charge in [-0.05, 0) is 48.7 Å². The summed E-state index contributed by atoms with van der Waals surface area (Å²) in [6.45, 7) is 8.38. The number of allylic oxidation sites excluding steroid dienone is 1. The minimum Gasteiger partial charge on any atom is -0.478 e. The Labute approximate surface area is 214 Å². The van der Waals surface area contributed by atoms with Crippen LogP contribution in [0.3, 0.4) is 0 Å². The van der Waals surface area contributed by atoms with Gasteiger partial charge in [0.25, 0.3) is 5.91 Å².